The van der Waals surface area contributed by atoms with Crippen molar-refractivity contribution in [3.63, 3.8) is 0 Å². The van der Waals surface area contributed by atoms with Crippen LogP contribution in [0.2, 0.25) is 0 Å². The monoisotopic (exact) mass is 434 g/mol. The van der Waals surface area contributed by atoms with Crippen molar-refractivity contribution in [3.8, 4) is 11.6 Å². The number of amides is 2. The normalized spacial score (nSPS) is 10.5. The van der Waals surface area contributed by atoms with Crippen molar-refractivity contribution < 1.29 is 13.9 Å². The van der Waals surface area contributed by atoms with Crippen molar-refractivity contribution in [1.82, 2.24) is 15.2 Å². The van der Waals surface area contributed by atoms with Crippen LogP contribution >= 0.6 is 15.9 Å². The van der Waals surface area contributed by atoms with Crippen molar-refractivity contribution in [2.75, 3.05) is 5.01 Å². The lowest BCUT2D eigenvalue weighted by Gasteiger charge is -2.20. The number of carbonyl (C=O) groups excluding carboxylic acids is 1. The first-order valence-electron chi connectivity index (χ1n) is 7.77. The third kappa shape index (κ3) is 4.25. The second-order valence-electron chi connectivity index (χ2n) is 5.42. The third-order valence-electron chi connectivity index (χ3n) is 3.72. The Kier molecular flexibility index (Phi) is 5.69. The highest BCUT2D eigenvalue weighted by molar-refractivity contribution is 9.10. The molecule has 5 N–H and O–H groups in total. The summed E-state index contributed by atoms with van der Waals surface area (Å²) in [5.41, 5.74) is 3.73. The van der Waals surface area contributed by atoms with Crippen molar-refractivity contribution in [3.05, 3.63) is 70.6 Å². The van der Waals surface area contributed by atoms with E-state index in [-0.39, 0.29) is 12.4 Å². The van der Waals surface area contributed by atoms with Crippen LogP contribution in [0.4, 0.5) is 14.9 Å². The van der Waals surface area contributed by atoms with Gasteiger partial charge in [-0.1, -0.05) is 22.0 Å². The Morgan fingerprint density at radius 2 is 2.00 bits per heavy atom. The Balaban J connectivity index is 1.77. The van der Waals surface area contributed by atoms with E-state index in [9.17, 15) is 9.18 Å². The number of nitrogens with zero attached hydrogens (tertiary/aromatic N) is 3. The Morgan fingerprint density at radius 1 is 1.26 bits per heavy atom. The smallest absolute Gasteiger partial charge is 0.350 e. The van der Waals surface area contributed by atoms with Crippen LogP contribution < -0.4 is 26.9 Å². The van der Waals surface area contributed by atoms with Gasteiger partial charge < -0.3 is 4.74 Å². The summed E-state index contributed by atoms with van der Waals surface area (Å²) >= 11 is 3.42. The summed E-state index contributed by atoms with van der Waals surface area (Å²) < 4.78 is 21.0. The summed E-state index contributed by atoms with van der Waals surface area (Å²) in [6, 6.07) is 12.1. The first-order chi connectivity index (χ1) is 13.0. The lowest BCUT2D eigenvalue weighted by atomic mass is 10.2. The zero-order valence-corrected chi connectivity index (χ0v) is 15.6. The third-order valence-corrected chi connectivity index (χ3v) is 4.46. The van der Waals surface area contributed by atoms with Gasteiger partial charge in [-0.05, 0) is 36.4 Å². The Hall–Kier alpha value is -2.95. The summed E-state index contributed by atoms with van der Waals surface area (Å²) in [4.78, 5) is 11.7. The molecule has 2 amide bonds. The second kappa shape index (κ2) is 8.16. The molecule has 2 aromatic carbocycles. The molecule has 0 unspecified atom stereocenters. The molecular weight excluding hydrogens is 419 g/mol. The van der Waals surface area contributed by atoms with Crippen LogP contribution in [0.15, 0.2) is 59.2 Å². The number of benzene rings is 2. The van der Waals surface area contributed by atoms with Gasteiger partial charge in [0.25, 0.3) is 0 Å². The Bertz CT molecular complexity index is 947. The quantitative estimate of drug-likeness (QED) is 0.324. The van der Waals surface area contributed by atoms with E-state index in [4.69, 9.17) is 16.4 Å². The van der Waals surface area contributed by atoms with Gasteiger partial charge in [0.1, 0.15) is 12.4 Å². The number of rotatable bonds is 5. The van der Waals surface area contributed by atoms with Gasteiger partial charge in [-0.2, -0.15) is 0 Å². The number of ether oxygens (including phenoxy) is 1. The molecule has 3 rings (SSSR count). The molecule has 0 atom stereocenters. The first-order valence-corrected chi connectivity index (χ1v) is 8.56. The molecule has 1 aromatic heterocycles. The zero-order valence-electron chi connectivity index (χ0n) is 14.0. The predicted molar refractivity (Wildman–Crippen MR) is 101 cm³/mol. The number of nitrogens with two attached hydrogens (primary N) is 2. The minimum atomic E-state index is -0.671. The molecule has 140 valence electrons. The highest BCUT2D eigenvalue weighted by Crippen LogP contribution is 2.28. The fourth-order valence-electron chi connectivity index (χ4n) is 2.36. The molecule has 0 bridgehead atoms. The number of nitrogens with one attached hydrogen (secondary N) is 1. The molecule has 27 heavy (non-hydrogen) atoms. The van der Waals surface area contributed by atoms with Crippen LogP contribution in [-0.2, 0) is 6.61 Å². The topological polar surface area (TPSA) is 111 Å². The van der Waals surface area contributed by atoms with Crippen molar-refractivity contribution in [2.45, 2.75) is 6.61 Å². The maximum absolute atomic E-state index is 13.0. The van der Waals surface area contributed by atoms with Crippen LogP contribution in [0.3, 0.4) is 0 Å². The summed E-state index contributed by atoms with van der Waals surface area (Å²) in [5.74, 6) is 11.0. The Morgan fingerprint density at radius 3 is 2.70 bits per heavy atom. The predicted octanol–water partition coefficient (Wildman–Crippen LogP) is 2.62. The second-order valence-corrected chi connectivity index (χ2v) is 6.27. The molecule has 3 aromatic rings. The molecule has 0 spiro atoms. The number of halogens is 2. The lowest BCUT2D eigenvalue weighted by molar-refractivity contribution is 0.246. The minimum absolute atomic E-state index is 0.0999. The molecule has 1 heterocycles. The maximum atomic E-state index is 13.0. The van der Waals surface area contributed by atoms with E-state index in [0.717, 1.165) is 5.01 Å². The van der Waals surface area contributed by atoms with Crippen LogP contribution in [-0.4, -0.2) is 15.8 Å². The number of anilines is 1. The van der Waals surface area contributed by atoms with Crippen LogP contribution in [0, 0.1) is 5.82 Å². The van der Waals surface area contributed by atoms with Crippen LogP contribution in [0.1, 0.15) is 5.56 Å². The highest BCUT2D eigenvalue weighted by Gasteiger charge is 2.17. The Labute approximate surface area is 162 Å². The first kappa shape index (κ1) is 18.8. The zero-order chi connectivity index (χ0) is 19.4. The molecular formula is C17H16BrFN6O2. The van der Waals surface area contributed by atoms with Gasteiger partial charge in [0.05, 0.1) is 11.4 Å². The maximum Gasteiger partial charge on any atom is 0.350 e. The van der Waals surface area contributed by atoms with Gasteiger partial charge in [0, 0.05) is 22.3 Å². The number of urea groups is 1. The largest absolute Gasteiger partial charge is 0.472 e. The lowest BCUT2D eigenvalue weighted by Crippen LogP contribution is -2.48. The molecule has 0 fully saturated rings. The van der Waals surface area contributed by atoms with Gasteiger partial charge in [0.15, 0.2) is 0 Å². The standard InChI is InChI=1S/C17H16BrFN6O2/c18-14-2-1-3-15(25(21)17(26)22-20)13(14)10-27-16-8-9-24(23-16)12-6-4-11(19)5-7-12/h1-9H,10,20-21H2,(H,22,26). The summed E-state index contributed by atoms with van der Waals surface area (Å²) in [7, 11) is 0. The molecule has 0 saturated heterocycles. The van der Waals surface area contributed by atoms with Gasteiger partial charge in [0.2, 0.25) is 5.88 Å². The average Bonchev–Trinajstić information content (AvgIpc) is 3.15. The summed E-state index contributed by atoms with van der Waals surface area (Å²) in [5, 5.41) is 5.18. The van der Waals surface area contributed by atoms with Gasteiger partial charge in [-0.15, -0.1) is 5.10 Å². The van der Waals surface area contributed by atoms with E-state index >= 15 is 0 Å². The van der Waals surface area contributed by atoms with E-state index in [1.54, 1.807) is 47.3 Å². The van der Waals surface area contributed by atoms with E-state index in [1.807, 2.05) is 5.43 Å². The highest BCUT2D eigenvalue weighted by atomic mass is 79.9. The number of hydrazine groups is 2. The molecule has 0 aliphatic carbocycles. The number of hydrogen-bond acceptors (Lipinski definition) is 5. The SMILES string of the molecule is NNC(=O)N(N)c1cccc(Br)c1COc1ccn(-c2ccc(F)cc2)n1. The van der Waals surface area contributed by atoms with Crippen LogP contribution in [0.25, 0.3) is 5.69 Å². The van der Waals surface area contributed by atoms with Crippen molar-refractivity contribution >= 4 is 27.6 Å². The van der Waals surface area contributed by atoms with Crippen molar-refractivity contribution in [1.29, 1.82) is 0 Å². The average molecular weight is 435 g/mol. The molecule has 0 saturated carbocycles. The molecule has 8 nitrogen and oxygen atoms in total. The van der Waals surface area contributed by atoms with E-state index in [2.05, 4.69) is 21.0 Å². The molecule has 10 heteroatoms. The van der Waals surface area contributed by atoms with Gasteiger partial charge in [-0.3, -0.25) is 5.43 Å². The molecule has 0 aliphatic heterocycles. The molecule has 0 aliphatic rings. The number of hydrogen-bond donors (Lipinski definition) is 3. The summed E-state index contributed by atoms with van der Waals surface area (Å²) in [6.45, 7) is 0.0999. The number of aromatic nitrogens is 2. The van der Waals surface area contributed by atoms with E-state index in [1.165, 1.54) is 12.1 Å². The van der Waals surface area contributed by atoms with E-state index in [0.29, 0.717) is 27.3 Å². The number of carbonyl (C=O) groups is 1. The van der Waals surface area contributed by atoms with Crippen molar-refractivity contribution in [2.24, 2.45) is 11.7 Å². The minimum Gasteiger partial charge on any atom is -0.472 e. The summed E-state index contributed by atoms with van der Waals surface area (Å²) in [6.07, 6.45) is 1.70. The van der Waals surface area contributed by atoms with Gasteiger partial charge in [-0.25, -0.2) is 30.6 Å². The van der Waals surface area contributed by atoms with Crippen LogP contribution in [0.5, 0.6) is 5.88 Å². The fraction of sp³-hybridized carbons (Fsp3) is 0.0588. The van der Waals surface area contributed by atoms with E-state index < -0.39 is 6.03 Å². The van der Waals surface area contributed by atoms with Gasteiger partial charge >= 0.3 is 6.03 Å². The molecule has 0 radical (unpaired) electrons. The fourth-order valence-corrected chi connectivity index (χ4v) is 2.83.